The van der Waals surface area contributed by atoms with Gasteiger partial charge in [0.05, 0.1) is 5.92 Å². The second kappa shape index (κ2) is 7.58. The Morgan fingerprint density at radius 1 is 1.46 bits per heavy atom. The monoisotopic (exact) mass is 188 g/mol. The highest BCUT2D eigenvalue weighted by Crippen LogP contribution is 2.12. The number of hydrogen-bond acceptors (Lipinski definition) is 4. The van der Waals surface area contributed by atoms with Gasteiger partial charge in [0.2, 0.25) is 6.79 Å². The molecule has 0 N–H and O–H groups in total. The molecule has 0 saturated heterocycles. The van der Waals surface area contributed by atoms with Gasteiger partial charge in [0.15, 0.2) is 0 Å². The predicted octanol–water partition coefficient (Wildman–Crippen LogP) is 1.49. The molecular weight excluding hydrogens is 172 g/mol. The van der Waals surface area contributed by atoms with E-state index >= 15 is 0 Å². The Kier molecular flexibility index (Phi) is 6.96. The SMILES string of the molecule is CCCC(CC)C(=O)OCOC=O. The number of carbonyl (C=O) groups excluding carboxylic acids is 2. The van der Waals surface area contributed by atoms with Gasteiger partial charge in [-0.2, -0.15) is 0 Å². The smallest absolute Gasteiger partial charge is 0.311 e. The molecule has 0 radical (unpaired) electrons. The summed E-state index contributed by atoms with van der Waals surface area (Å²) in [6, 6.07) is 0. The molecule has 0 amide bonds. The number of carbonyl (C=O) groups is 2. The second-order valence-electron chi connectivity index (χ2n) is 2.74. The maximum atomic E-state index is 11.2. The summed E-state index contributed by atoms with van der Waals surface area (Å²) in [5.74, 6) is -0.355. The molecule has 0 spiro atoms. The van der Waals surface area contributed by atoms with Crippen molar-refractivity contribution in [3.63, 3.8) is 0 Å². The van der Waals surface area contributed by atoms with E-state index in [1.54, 1.807) is 0 Å². The summed E-state index contributed by atoms with van der Waals surface area (Å²) in [6.07, 6.45) is 2.52. The third-order valence-corrected chi connectivity index (χ3v) is 1.80. The zero-order valence-electron chi connectivity index (χ0n) is 8.12. The van der Waals surface area contributed by atoms with E-state index in [-0.39, 0.29) is 25.2 Å². The van der Waals surface area contributed by atoms with Crippen LogP contribution < -0.4 is 0 Å². The molecule has 1 unspecified atom stereocenters. The molecule has 0 bridgehead atoms. The number of hydrogen-bond donors (Lipinski definition) is 0. The van der Waals surface area contributed by atoms with Crippen LogP contribution in [0, 0.1) is 5.92 Å². The highest BCUT2D eigenvalue weighted by molar-refractivity contribution is 5.72. The van der Waals surface area contributed by atoms with Gasteiger partial charge in [-0.3, -0.25) is 9.59 Å². The van der Waals surface area contributed by atoms with Crippen LogP contribution in [-0.4, -0.2) is 19.2 Å². The molecule has 13 heavy (non-hydrogen) atoms. The van der Waals surface area contributed by atoms with E-state index < -0.39 is 0 Å². The van der Waals surface area contributed by atoms with E-state index in [2.05, 4.69) is 4.74 Å². The van der Waals surface area contributed by atoms with E-state index in [1.165, 1.54) is 0 Å². The highest BCUT2D eigenvalue weighted by atomic mass is 16.7. The summed E-state index contributed by atoms with van der Waals surface area (Å²) in [7, 11) is 0. The lowest BCUT2D eigenvalue weighted by Gasteiger charge is -2.11. The Balaban J connectivity index is 3.70. The van der Waals surface area contributed by atoms with E-state index in [0.29, 0.717) is 0 Å². The van der Waals surface area contributed by atoms with E-state index in [1.807, 2.05) is 13.8 Å². The molecule has 4 nitrogen and oxygen atoms in total. The maximum absolute atomic E-state index is 11.2. The van der Waals surface area contributed by atoms with Crippen molar-refractivity contribution in [3.8, 4) is 0 Å². The molecule has 0 aliphatic heterocycles. The van der Waals surface area contributed by atoms with Crippen LogP contribution in [0.3, 0.4) is 0 Å². The Morgan fingerprint density at radius 2 is 2.15 bits per heavy atom. The molecule has 1 atom stereocenters. The molecule has 0 heterocycles. The van der Waals surface area contributed by atoms with Crippen LogP contribution in [0.1, 0.15) is 33.1 Å². The summed E-state index contributed by atoms with van der Waals surface area (Å²) in [5.41, 5.74) is 0. The van der Waals surface area contributed by atoms with Gasteiger partial charge in [-0.05, 0) is 12.8 Å². The Hall–Kier alpha value is -1.06. The quantitative estimate of drug-likeness (QED) is 0.263. The van der Waals surface area contributed by atoms with Crippen LogP contribution in [0.4, 0.5) is 0 Å². The van der Waals surface area contributed by atoms with Gasteiger partial charge in [0.25, 0.3) is 6.47 Å². The molecule has 0 aliphatic carbocycles. The van der Waals surface area contributed by atoms with Crippen LogP contribution in [0.15, 0.2) is 0 Å². The largest absolute Gasteiger partial charge is 0.430 e. The Bertz CT molecular complexity index is 156. The molecule has 0 saturated carbocycles. The zero-order valence-corrected chi connectivity index (χ0v) is 8.12. The van der Waals surface area contributed by atoms with Gasteiger partial charge >= 0.3 is 5.97 Å². The average Bonchev–Trinajstić information content (AvgIpc) is 2.14. The number of rotatable bonds is 7. The minimum absolute atomic E-state index is 0.0692. The predicted molar refractivity (Wildman–Crippen MR) is 46.8 cm³/mol. The van der Waals surface area contributed by atoms with Gasteiger partial charge in [-0.15, -0.1) is 0 Å². The van der Waals surface area contributed by atoms with Crippen LogP contribution in [0.2, 0.25) is 0 Å². The van der Waals surface area contributed by atoms with E-state index in [4.69, 9.17) is 4.74 Å². The average molecular weight is 188 g/mol. The highest BCUT2D eigenvalue weighted by Gasteiger charge is 2.16. The zero-order chi connectivity index (χ0) is 10.1. The number of esters is 1. The van der Waals surface area contributed by atoms with Crippen molar-refractivity contribution < 1.29 is 19.1 Å². The summed E-state index contributed by atoms with van der Waals surface area (Å²) in [5, 5.41) is 0. The molecule has 0 rings (SSSR count). The molecule has 76 valence electrons. The standard InChI is InChI=1S/C9H16O4/c1-3-5-8(4-2)9(11)13-7-12-6-10/h6,8H,3-5,7H2,1-2H3. The Morgan fingerprint density at radius 3 is 2.62 bits per heavy atom. The van der Waals surface area contributed by atoms with Crippen molar-refractivity contribution in [2.24, 2.45) is 5.92 Å². The van der Waals surface area contributed by atoms with Crippen molar-refractivity contribution in [2.75, 3.05) is 6.79 Å². The number of ether oxygens (including phenoxy) is 2. The van der Waals surface area contributed by atoms with Crippen LogP contribution in [-0.2, 0) is 19.1 Å². The lowest BCUT2D eigenvalue weighted by atomic mass is 10.0. The van der Waals surface area contributed by atoms with Gasteiger partial charge in [-0.25, -0.2) is 0 Å². The molecular formula is C9H16O4. The minimum atomic E-state index is -0.286. The normalized spacial score (nSPS) is 11.8. The summed E-state index contributed by atoms with van der Waals surface area (Å²) < 4.78 is 8.95. The first-order chi connectivity index (χ1) is 6.26. The fourth-order valence-electron chi connectivity index (χ4n) is 1.07. The summed E-state index contributed by atoms with van der Waals surface area (Å²) >= 11 is 0. The van der Waals surface area contributed by atoms with Gasteiger partial charge in [0.1, 0.15) is 0 Å². The molecule has 0 aromatic heterocycles. The fraction of sp³-hybridized carbons (Fsp3) is 0.778. The van der Waals surface area contributed by atoms with Crippen LogP contribution in [0.25, 0.3) is 0 Å². The molecule has 0 aromatic rings. The topological polar surface area (TPSA) is 52.6 Å². The third kappa shape index (κ3) is 5.22. The third-order valence-electron chi connectivity index (χ3n) is 1.80. The fourth-order valence-corrected chi connectivity index (χ4v) is 1.07. The minimum Gasteiger partial charge on any atom is -0.430 e. The maximum Gasteiger partial charge on any atom is 0.311 e. The van der Waals surface area contributed by atoms with Crippen molar-refractivity contribution in [2.45, 2.75) is 33.1 Å². The second-order valence-corrected chi connectivity index (χ2v) is 2.74. The molecule has 0 aliphatic rings. The first-order valence-corrected chi connectivity index (χ1v) is 4.48. The van der Waals surface area contributed by atoms with Crippen LogP contribution in [0.5, 0.6) is 0 Å². The first kappa shape index (κ1) is 11.9. The van der Waals surface area contributed by atoms with Crippen molar-refractivity contribution in [1.29, 1.82) is 0 Å². The van der Waals surface area contributed by atoms with E-state index in [9.17, 15) is 9.59 Å². The van der Waals surface area contributed by atoms with Crippen molar-refractivity contribution in [1.82, 2.24) is 0 Å². The first-order valence-electron chi connectivity index (χ1n) is 4.48. The van der Waals surface area contributed by atoms with Gasteiger partial charge in [-0.1, -0.05) is 20.3 Å². The van der Waals surface area contributed by atoms with Crippen molar-refractivity contribution in [3.05, 3.63) is 0 Å². The van der Waals surface area contributed by atoms with Gasteiger partial charge < -0.3 is 9.47 Å². The molecule has 0 fully saturated rings. The molecule has 4 heteroatoms. The van der Waals surface area contributed by atoms with E-state index in [0.717, 1.165) is 19.3 Å². The molecule has 0 aromatic carbocycles. The van der Waals surface area contributed by atoms with Crippen LogP contribution >= 0.6 is 0 Å². The summed E-state index contributed by atoms with van der Waals surface area (Å²) in [6.45, 7) is 3.93. The van der Waals surface area contributed by atoms with Crippen molar-refractivity contribution >= 4 is 12.4 Å². The lowest BCUT2D eigenvalue weighted by molar-refractivity contribution is -0.164. The Labute approximate surface area is 78.2 Å². The lowest BCUT2D eigenvalue weighted by Crippen LogP contribution is -2.18. The van der Waals surface area contributed by atoms with Gasteiger partial charge in [0, 0.05) is 0 Å². The summed E-state index contributed by atoms with van der Waals surface area (Å²) in [4.78, 5) is 21.0.